The maximum absolute atomic E-state index is 5.49. The van der Waals surface area contributed by atoms with E-state index in [1.165, 1.54) is 0 Å². The Kier molecular flexibility index (Phi) is 5.19. The van der Waals surface area contributed by atoms with E-state index in [2.05, 4.69) is 23.3 Å². The Hall–Kier alpha value is -0.930. The summed E-state index contributed by atoms with van der Waals surface area (Å²) in [5, 5.41) is 3.35. The second-order valence-corrected chi connectivity index (χ2v) is 3.52. The highest BCUT2D eigenvalue weighted by atomic mass is 14.9. The molecule has 0 aliphatic carbocycles. The van der Waals surface area contributed by atoms with E-state index >= 15 is 0 Å². The molecule has 0 spiro atoms. The molecule has 1 heterocycles. The van der Waals surface area contributed by atoms with Gasteiger partial charge in [0.25, 0.3) is 0 Å². The molecule has 1 rings (SSSR count). The highest BCUT2D eigenvalue weighted by molar-refractivity contribution is 5.03. The maximum Gasteiger partial charge on any atom is 0.0404 e. The van der Waals surface area contributed by atoms with Gasteiger partial charge >= 0.3 is 0 Å². The summed E-state index contributed by atoms with van der Waals surface area (Å²) in [6.07, 6.45) is 3.98. The summed E-state index contributed by atoms with van der Waals surface area (Å²) in [5.74, 6) is 0. The van der Waals surface area contributed by atoms with Gasteiger partial charge in [-0.3, -0.25) is 4.98 Å². The number of hydrogen-bond donors (Lipinski definition) is 2. The first-order valence-electron chi connectivity index (χ1n) is 5.16. The van der Waals surface area contributed by atoms with Crippen LogP contribution in [0, 0.1) is 0 Å². The Morgan fingerprint density at radius 3 is 3.00 bits per heavy atom. The van der Waals surface area contributed by atoms with Crippen molar-refractivity contribution < 1.29 is 0 Å². The second-order valence-electron chi connectivity index (χ2n) is 3.52. The van der Waals surface area contributed by atoms with Crippen LogP contribution in [0.25, 0.3) is 0 Å². The molecule has 3 N–H and O–H groups in total. The summed E-state index contributed by atoms with van der Waals surface area (Å²) < 4.78 is 0. The summed E-state index contributed by atoms with van der Waals surface area (Å²) in [6.45, 7) is 3.80. The van der Waals surface area contributed by atoms with Crippen molar-refractivity contribution in [2.75, 3.05) is 13.1 Å². The topological polar surface area (TPSA) is 50.9 Å². The molecule has 0 aliphatic heterocycles. The Balaban J connectivity index is 2.10. The molecule has 1 aromatic heterocycles. The summed E-state index contributed by atoms with van der Waals surface area (Å²) in [7, 11) is 0. The van der Waals surface area contributed by atoms with Crippen molar-refractivity contribution in [3.05, 3.63) is 30.1 Å². The molecular formula is C11H19N3. The molecule has 3 heteroatoms. The molecule has 0 saturated carbocycles. The van der Waals surface area contributed by atoms with Crippen LogP contribution in [0.4, 0.5) is 0 Å². The third-order valence-electron chi connectivity index (χ3n) is 2.18. The van der Waals surface area contributed by atoms with Crippen LogP contribution in [0.5, 0.6) is 0 Å². The third kappa shape index (κ3) is 4.35. The van der Waals surface area contributed by atoms with Gasteiger partial charge in [0.1, 0.15) is 0 Å². The zero-order chi connectivity index (χ0) is 10.2. The molecule has 1 unspecified atom stereocenters. The number of aromatic nitrogens is 1. The normalized spacial score (nSPS) is 12.7. The molecular weight excluding hydrogens is 174 g/mol. The number of nitrogens with one attached hydrogen (secondary N) is 1. The van der Waals surface area contributed by atoms with Crippen LogP contribution in [0.15, 0.2) is 24.4 Å². The van der Waals surface area contributed by atoms with Crippen LogP contribution in [-0.2, 0) is 6.42 Å². The smallest absolute Gasteiger partial charge is 0.0404 e. The number of aryl methyl sites for hydroxylation is 1. The van der Waals surface area contributed by atoms with E-state index in [4.69, 9.17) is 5.73 Å². The zero-order valence-corrected chi connectivity index (χ0v) is 8.74. The molecule has 14 heavy (non-hydrogen) atoms. The summed E-state index contributed by atoms with van der Waals surface area (Å²) in [4.78, 5) is 4.26. The van der Waals surface area contributed by atoms with Crippen molar-refractivity contribution in [2.45, 2.75) is 25.8 Å². The largest absolute Gasteiger partial charge is 0.329 e. The zero-order valence-electron chi connectivity index (χ0n) is 8.74. The molecule has 0 amide bonds. The summed E-state index contributed by atoms with van der Waals surface area (Å²) >= 11 is 0. The number of hydrogen-bond acceptors (Lipinski definition) is 3. The molecule has 1 aromatic rings. The van der Waals surface area contributed by atoms with Crippen molar-refractivity contribution in [3.8, 4) is 0 Å². The fourth-order valence-electron chi connectivity index (χ4n) is 1.25. The molecule has 0 bridgehead atoms. The fourth-order valence-corrected chi connectivity index (χ4v) is 1.25. The van der Waals surface area contributed by atoms with Crippen molar-refractivity contribution in [1.82, 2.24) is 10.3 Å². The Morgan fingerprint density at radius 2 is 2.36 bits per heavy atom. The lowest BCUT2D eigenvalue weighted by Crippen LogP contribution is -2.33. The predicted molar refractivity (Wildman–Crippen MR) is 59.1 cm³/mol. The lowest BCUT2D eigenvalue weighted by atomic mass is 10.2. The van der Waals surface area contributed by atoms with Crippen LogP contribution < -0.4 is 11.1 Å². The maximum atomic E-state index is 5.49. The number of rotatable bonds is 6. The first-order valence-corrected chi connectivity index (χ1v) is 5.16. The average molecular weight is 193 g/mol. The molecule has 0 radical (unpaired) electrons. The van der Waals surface area contributed by atoms with Crippen LogP contribution in [0.2, 0.25) is 0 Å². The molecule has 0 aliphatic rings. The van der Waals surface area contributed by atoms with Gasteiger partial charge in [0, 0.05) is 24.5 Å². The number of pyridine rings is 1. The molecule has 0 aromatic carbocycles. The van der Waals surface area contributed by atoms with Gasteiger partial charge in [-0.1, -0.05) is 6.07 Å². The quantitative estimate of drug-likeness (QED) is 0.661. The van der Waals surface area contributed by atoms with Crippen molar-refractivity contribution in [3.63, 3.8) is 0 Å². The van der Waals surface area contributed by atoms with Crippen molar-refractivity contribution in [2.24, 2.45) is 5.73 Å². The number of nitrogens with zero attached hydrogens (tertiary/aromatic N) is 1. The van der Waals surface area contributed by atoms with Crippen LogP contribution in [0.1, 0.15) is 19.0 Å². The van der Waals surface area contributed by atoms with E-state index < -0.39 is 0 Å². The molecule has 0 saturated heterocycles. The van der Waals surface area contributed by atoms with Gasteiger partial charge in [0.05, 0.1) is 0 Å². The standard InChI is InChI=1S/C11H19N3/c1-10(9-12)13-8-4-6-11-5-2-3-7-14-11/h2-3,5,7,10,13H,4,6,8-9,12H2,1H3. The van der Waals surface area contributed by atoms with Gasteiger partial charge in [0.2, 0.25) is 0 Å². The third-order valence-corrected chi connectivity index (χ3v) is 2.18. The predicted octanol–water partition coefficient (Wildman–Crippen LogP) is 0.951. The Bertz CT molecular complexity index is 236. The second kappa shape index (κ2) is 6.51. The van der Waals surface area contributed by atoms with Crippen molar-refractivity contribution >= 4 is 0 Å². The summed E-state index contributed by atoms with van der Waals surface area (Å²) in [6, 6.07) is 6.45. The van der Waals surface area contributed by atoms with Crippen LogP contribution in [-0.4, -0.2) is 24.1 Å². The lowest BCUT2D eigenvalue weighted by molar-refractivity contribution is 0.542. The van der Waals surface area contributed by atoms with Crippen molar-refractivity contribution in [1.29, 1.82) is 0 Å². The van der Waals surface area contributed by atoms with E-state index in [-0.39, 0.29) is 0 Å². The molecule has 0 fully saturated rings. The van der Waals surface area contributed by atoms with Crippen LogP contribution >= 0.6 is 0 Å². The van der Waals surface area contributed by atoms with Gasteiger partial charge in [0.15, 0.2) is 0 Å². The van der Waals surface area contributed by atoms with E-state index in [1.54, 1.807) is 0 Å². The first-order chi connectivity index (χ1) is 6.83. The highest BCUT2D eigenvalue weighted by Gasteiger charge is 1.97. The average Bonchev–Trinajstić information content (AvgIpc) is 2.25. The minimum atomic E-state index is 0.415. The van der Waals surface area contributed by atoms with Gasteiger partial charge in [-0.2, -0.15) is 0 Å². The fraction of sp³-hybridized carbons (Fsp3) is 0.545. The first kappa shape index (κ1) is 11.1. The van der Waals surface area contributed by atoms with Crippen LogP contribution in [0.3, 0.4) is 0 Å². The van der Waals surface area contributed by atoms with Gasteiger partial charge < -0.3 is 11.1 Å². The lowest BCUT2D eigenvalue weighted by Gasteiger charge is -2.10. The van der Waals surface area contributed by atoms with Gasteiger partial charge in [-0.05, 0) is 38.4 Å². The van der Waals surface area contributed by atoms with E-state index in [1.807, 2.05) is 18.3 Å². The number of nitrogens with two attached hydrogens (primary N) is 1. The molecule has 1 atom stereocenters. The Labute approximate surface area is 85.7 Å². The SMILES string of the molecule is CC(CN)NCCCc1ccccn1. The minimum Gasteiger partial charge on any atom is -0.329 e. The molecule has 3 nitrogen and oxygen atoms in total. The van der Waals surface area contributed by atoms with E-state index in [9.17, 15) is 0 Å². The minimum absolute atomic E-state index is 0.415. The van der Waals surface area contributed by atoms with Gasteiger partial charge in [-0.15, -0.1) is 0 Å². The highest BCUT2D eigenvalue weighted by Crippen LogP contribution is 1.97. The Morgan fingerprint density at radius 1 is 1.50 bits per heavy atom. The summed E-state index contributed by atoms with van der Waals surface area (Å²) in [5.41, 5.74) is 6.65. The van der Waals surface area contributed by atoms with E-state index in [0.29, 0.717) is 12.6 Å². The van der Waals surface area contributed by atoms with Gasteiger partial charge in [-0.25, -0.2) is 0 Å². The monoisotopic (exact) mass is 193 g/mol. The molecule has 78 valence electrons. The van der Waals surface area contributed by atoms with E-state index in [0.717, 1.165) is 25.1 Å².